The zero-order valence-electron chi connectivity index (χ0n) is 31.6. The van der Waals surface area contributed by atoms with E-state index < -0.39 is 21.9 Å². The van der Waals surface area contributed by atoms with E-state index in [0.717, 1.165) is 23.1 Å². The monoisotopic (exact) mass is 786 g/mol. The Kier molecular flexibility index (Phi) is 12.2. The van der Waals surface area contributed by atoms with Crippen molar-refractivity contribution in [2.24, 2.45) is 23.2 Å². The lowest BCUT2D eigenvalue weighted by Gasteiger charge is -2.62. The van der Waals surface area contributed by atoms with E-state index in [0.29, 0.717) is 58.3 Å². The van der Waals surface area contributed by atoms with Crippen molar-refractivity contribution < 1.29 is 22.3 Å². The van der Waals surface area contributed by atoms with Crippen LogP contribution >= 0.6 is 23.2 Å². The molecule has 0 radical (unpaired) electrons. The van der Waals surface area contributed by atoms with Crippen LogP contribution in [0.1, 0.15) is 62.3 Å². The van der Waals surface area contributed by atoms with E-state index in [9.17, 15) is 13.2 Å². The zero-order valence-corrected chi connectivity index (χ0v) is 33.9. The first kappa shape index (κ1) is 39.9. The first-order valence-electron chi connectivity index (χ1n) is 18.6. The smallest absolute Gasteiger partial charge is 0.238 e. The third kappa shape index (κ3) is 8.73. The van der Waals surface area contributed by atoms with Gasteiger partial charge in [-0.25, -0.2) is 12.8 Å². The van der Waals surface area contributed by atoms with Crippen LogP contribution in [0.4, 0.5) is 4.39 Å². The molecule has 1 heterocycles. The Morgan fingerprint density at radius 1 is 1.04 bits per heavy atom. The molecule has 4 aliphatic rings. The average molecular weight is 788 g/mol. The number of carbonyl (C=O) groups is 1. The van der Waals surface area contributed by atoms with Gasteiger partial charge in [-0.15, -0.1) is 0 Å². The fourth-order valence-corrected chi connectivity index (χ4v) is 11.1. The summed E-state index contributed by atoms with van der Waals surface area (Å²) in [5.41, 5.74) is 3.43. The number of benzene rings is 3. The van der Waals surface area contributed by atoms with E-state index >= 15 is 4.39 Å². The molecule has 1 amide bonds. The van der Waals surface area contributed by atoms with Crippen LogP contribution in [-0.2, 0) is 40.9 Å². The molecular weight excluding hydrogens is 734 g/mol. The standard InChI is InChI=1S/C41H53Cl2FN4O4S/c1-26-34-20-30(41(34,2)3)21-36(26)45-40(49)37-16-17-53(50,51)48(37)23-29-9-7-8-28(18-29)22-47(25-33-35(43)14-15-38(52-6)39(33)44)32(24-46(4)5)19-27-10-12-31(42)13-11-27/h7-15,18,26,30,32,34,36-37H,16-17,19-25H2,1-6H3,(H,45,49)/t26-,30+,32-,34-,36-,37?/m0/s1. The Labute approximate surface area is 325 Å². The van der Waals surface area contributed by atoms with Crippen LogP contribution in [-0.4, -0.2) is 80.1 Å². The third-order valence-corrected chi connectivity index (χ3v) is 14.7. The number of carbonyl (C=O) groups excluding carboxylic acids is 1. The van der Waals surface area contributed by atoms with Gasteiger partial charge in [-0.2, -0.15) is 4.31 Å². The van der Waals surface area contributed by atoms with Crippen LogP contribution in [0.25, 0.3) is 0 Å². The summed E-state index contributed by atoms with van der Waals surface area (Å²) in [5.74, 6) is 0.868. The maximum Gasteiger partial charge on any atom is 0.238 e. The van der Waals surface area contributed by atoms with Crippen molar-refractivity contribution in [3.63, 3.8) is 0 Å². The first-order chi connectivity index (χ1) is 25.1. The summed E-state index contributed by atoms with van der Waals surface area (Å²) in [7, 11) is 1.82. The van der Waals surface area contributed by atoms with Crippen molar-refractivity contribution in [2.75, 3.05) is 33.5 Å². The molecular formula is C41H53Cl2FN4O4S. The molecule has 1 unspecified atom stereocenters. The number of ether oxygens (including phenoxy) is 1. The molecule has 1 aliphatic heterocycles. The number of nitrogens with one attached hydrogen (secondary N) is 1. The molecule has 3 aliphatic carbocycles. The Balaban J connectivity index is 1.24. The molecule has 1 saturated heterocycles. The van der Waals surface area contributed by atoms with Gasteiger partial charge < -0.3 is 15.0 Å². The molecule has 2 bridgehead atoms. The van der Waals surface area contributed by atoms with E-state index in [1.807, 2.05) is 62.6 Å². The lowest BCUT2D eigenvalue weighted by atomic mass is 9.45. The molecule has 1 N–H and O–H groups in total. The first-order valence-corrected chi connectivity index (χ1v) is 21.0. The Morgan fingerprint density at radius 2 is 1.75 bits per heavy atom. The lowest BCUT2D eigenvalue weighted by molar-refractivity contribution is -0.136. The average Bonchev–Trinajstić information content (AvgIpc) is 3.40. The molecule has 4 fully saturated rings. The number of methoxy groups -OCH3 is 1. The molecule has 7 rings (SSSR count). The van der Waals surface area contributed by atoms with Crippen LogP contribution in [0.15, 0.2) is 60.7 Å². The van der Waals surface area contributed by atoms with Crippen LogP contribution in [0, 0.1) is 29.0 Å². The molecule has 288 valence electrons. The fraction of sp³-hybridized carbons (Fsp3) is 0.537. The minimum absolute atomic E-state index is 0.0547. The summed E-state index contributed by atoms with van der Waals surface area (Å²) in [6, 6.07) is 18.0. The number of likely N-dealkylation sites (N-methyl/N-ethyl adjacent to an activating group) is 1. The number of hydrogen-bond acceptors (Lipinski definition) is 6. The zero-order chi connectivity index (χ0) is 38.2. The molecule has 12 heteroatoms. The van der Waals surface area contributed by atoms with E-state index in [1.165, 1.54) is 23.9 Å². The molecule has 3 saturated carbocycles. The lowest BCUT2D eigenvalue weighted by Crippen LogP contribution is -2.61. The highest BCUT2D eigenvalue weighted by molar-refractivity contribution is 7.89. The highest BCUT2D eigenvalue weighted by atomic mass is 35.5. The van der Waals surface area contributed by atoms with Crippen LogP contribution < -0.4 is 10.1 Å². The number of rotatable bonds is 14. The predicted octanol–water partition coefficient (Wildman–Crippen LogP) is 7.41. The SMILES string of the molecule is COc1ccc(Cl)c(CN(Cc2cccc(CN3C(C(=O)N[C@H]4C[C@H]5C[C@@H]([C@@H]4C)C5(C)C)CCS3(=O)=O)c2)[C@@H](Cc2ccc(Cl)cc2)CN(C)C)c1F. The van der Waals surface area contributed by atoms with Gasteiger partial charge in [-0.3, -0.25) is 9.69 Å². The van der Waals surface area contributed by atoms with Gasteiger partial charge in [0.05, 0.1) is 12.9 Å². The van der Waals surface area contributed by atoms with Gasteiger partial charge in [0, 0.05) is 53.9 Å². The number of hydrogen-bond donors (Lipinski definition) is 1. The predicted molar refractivity (Wildman–Crippen MR) is 210 cm³/mol. The van der Waals surface area contributed by atoms with Crippen LogP contribution in [0.2, 0.25) is 10.0 Å². The second-order valence-corrected chi connectivity index (χ2v) is 19.1. The third-order valence-electron chi connectivity index (χ3n) is 12.3. The van der Waals surface area contributed by atoms with E-state index in [4.69, 9.17) is 27.9 Å². The fourth-order valence-electron chi connectivity index (χ4n) is 9.07. The van der Waals surface area contributed by atoms with Gasteiger partial charge in [0.1, 0.15) is 6.04 Å². The van der Waals surface area contributed by atoms with Crippen LogP contribution in [0.5, 0.6) is 5.75 Å². The minimum Gasteiger partial charge on any atom is -0.494 e. The summed E-state index contributed by atoms with van der Waals surface area (Å²) in [5, 5.41) is 4.24. The van der Waals surface area contributed by atoms with E-state index in [1.54, 1.807) is 6.07 Å². The largest absolute Gasteiger partial charge is 0.494 e. The maximum atomic E-state index is 15.8. The van der Waals surface area contributed by atoms with Crippen molar-refractivity contribution in [1.29, 1.82) is 0 Å². The van der Waals surface area contributed by atoms with Gasteiger partial charge in [-0.05, 0) is 104 Å². The second kappa shape index (κ2) is 16.2. The van der Waals surface area contributed by atoms with E-state index in [2.05, 4.69) is 35.9 Å². The quantitative estimate of drug-likeness (QED) is 0.184. The summed E-state index contributed by atoms with van der Waals surface area (Å²) < 4.78 is 49.3. The number of amides is 1. The topological polar surface area (TPSA) is 82.2 Å². The summed E-state index contributed by atoms with van der Waals surface area (Å²) >= 11 is 12.8. The molecule has 53 heavy (non-hydrogen) atoms. The van der Waals surface area contributed by atoms with Crippen molar-refractivity contribution in [3.05, 3.63) is 98.8 Å². The van der Waals surface area contributed by atoms with Crippen molar-refractivity contribution >= 4 is 39.1 Å². The minimum atomic E-state index is -3.63. The number of halogens is 3. The highest BCUT2D eigenvalue weighted by Gasteiger charge is 2.56. The summed E-state index contributed by atoms with van der Waals surface area (Å²) in [4.78, 5) is 18.1. The van der Waals surface area contributed by atoms with Gasteiger partial charge in [-0.1, -0.05) is 80.4 Å². The van der Waals surface area contributed by atoms with Gasteiger partial charge in [0.25, 0.3) is 0 Å². The normalized spacial score (nSPS) is 25.3. The molecule has 3 aromatic carbocycles. The number of nitrogens with zero attached hydrogens (tertiary/aromatic N) is 3. The Morgan fingerprint density at radius 3 is 2.42 bits per heavy atom. The number of sulfonamides is 1. The Bertz CT molecular complexity index is 1890. The molecule has 6 atom stereocenters. The number of fused-ring (bicyclic) bond motifs is 2. The maximum absolute atomic E-state index is 15.8. The van der Waals surface area contributed by atoms with E-state index in [-0.39, 0.29) is 49.0 Å². The molecule has 0 spiro atoms. The van der Waals surface area contributed by atoms with Gasteiger partial charge in [0.15, 0.2) is 11.6 Å². The van der Waals surface area contributed by atoms with Crippen molar-refractivity contribution in [1.82, 2.24) is 19.4 Å². The summed E-state index contributed by atoms with van der Waals surface area (Å²) in [6.45, 7) is 8.28. The molecule has 3 aromatic rings. The van der Waals surface area contributed by atoms with Crippen molar-refractivity contribution in [3.8, 4) is 5.75 Å². The van der Waals surface area contributed by atoms with Crippen LogP contribution in [0.3, 0.4) is 0 Å². The molecule has 0 aromatic heterocycles. The Hall–Kier alpha value is -2.73. The summed E-state index contributed by atoms with van der Waals surface area (Å²) in [6.07, 6.45) is 3.08. The van der Waals surface area contributed by atoms with Gasteiger partial charge >= 0.3 is 0 Å². The van der Waals surface area contributed by atoms with Crippen molar-refractivity contribution in [2.45, 2.75) is 84.2 Å². The second-order valence-electron chi connectivity index (χ2n) is 16.2. The highest BCUT2D eigenvalue weighted by Crippen LogP contribution is 2.61. The van der Waals surface area contributed by atoms with Gasteiger partial charge in [0.2, 0.25) is 15.9 Å². The molecule has 8 nitrogen and oxygen atoms in total.